The Labute approximate surface area is 131 Å². The number of amides is 2. The van der Waals surface area contributed by atoms with Gasteiger partial charge in [-0.3, -0.25) is 9.59 Å². The van der Waals surface area contributed by atoms with Gasteiger partial charge in [0.2, 0.25) is 0 Å². The third-order valence-electron chi connectivity index (χ3n) is 2.73. The fraction of sp³-hybridized carbons (Fsp3) is 0.200. The molecule has 1 aromatic carbocycles. The summed E-state index contributed by atoms with van der Waals surface area (Å²) in [5.41, 5.74) is 1.03. The Balaban J connectivity index is 1.98. The molecular formula is C15H15FN2O3S. The minimum atomic E-state index is -0.873. The van der Waals surface area contributed by atoms with Gasteiger partial charge in [0.25, 0.3) is 0 Å². The molecule has 0 unspecified atom stereocenters. The summed E-state index contributed by atoms with van der Waals surface area (Å²) in [6.45, 7) is 2.39. The molecule has 2 rings (SSSR count). The maximum atomic E-state index is 13.3. The summed E-state index contributed by atoms with van der Waals surface area (Å²) >= 11 is 1.50. The van der Waals surface area contributed by atoms with Gasteiger partial charge >= 0.3 is 11.8 Å². The van der Waals surface area contributed by atoms with Gasteiger partial charge in [0, 0.05) is 12.6 Å². The first kappa shape index (κ1) is 16.0. The molecule has 2 amide bonds. The van der Waals surface area contributed by atoms with Crippen molar-refractivity contribution in [3.05, 3.63) is 46.4 Å². The average Bonchev–Trinajstić information content (AvgIpc) is 3.01. The van der Waals surface area contributed by atoms with Gasteiger partial charge in [-0.1, -0.05) is 0 Å². The van der Waals surface area contributed by atoms with E-state index in [4.69, 9.17) is 4.74 Å². The number of ether oxygens (including phenoxy) is 1. The summed E-state index contributed by atoms with van der Waals surface area (Å²) in [6, 6.07) is 5.58. The zero-order chi connectivity index (χ0) is 15.9. The van der Waals surface area contributed by atoms with Crippen LogP contribution in [0, 0.1) is 5.82 Å². The highest BCUT2D eigenvalue weighted by molar-refractivity contribution is 7.07. The van der Waals surface area contributed by atoms with Crippen LogP contribution in [-0.2, 0) is 16.1 Å². The number of hydrogen-bond donors (Lipinski definition) is 2. The lowest BCUT2D eigenvalue weighted by molar-refractivity contribution is -0.136. The van der Waals surface area contributed by atoms with Crippen molar-refractivity contribution < 1.29 is 18.7 Å². The number of halogens is 1. The van der Waals surface area contributed by atoms with E-state index in [1.54, 1.807) is 6.92 Å². The summed E-state index contributed by atoms with van der Waals surface area (Å²) in [4.78, 5) is 23.6. The molecule has 7 heteroatoms. The standard InChI is InChI=1S/C15H15FN2O3S/c1-2-21-13-4-3-11(16)7-12(13)18-15(20)14(19)17-8-10-5-6-22-9-10/h3-7,9H,2,8H2,1H3,(H,17,19)(H,18,20). The van der Waals surface area contributed by atoms with Crippen molar-refractivity contribution in [2.75, 3.05) is 11.9 Å². The molecular weight excluding hydrogens is 307 g/mol. The van der Waals surface area contributed by atoms with E-state index in [-0.39, 0.29) is 12.2 Å². The Kier molecular flexibility index (Phi) is 5.48. The van der Waals surface area contributed by atoms with Crippen molar-refractivity contribution >= 4 is 28.8 Å². The molecule has 0 aliphatic rings. The monoisotopic (exact) mass is 322 g/mol. The van der Waals surface area contributed by atoms with E-state index in [2.05, 4.69) is 10.6 Å². The van der Waals surface area contributed by atoms with Gasteiger partial charge in [-0.15, -0.1) is 0 Å². The maximum Gasteiger partial charge on any atom is 0.313 e. The molecule has 0 atom stereocenters. The van der Waals surface area contributed by atoms with Crippen LogP contribution < -0.4 is 15.4 Å². The molecule has 2 aromatic rings. The number of thiophene rings is 1. The van der Waals surface area contributed by atoms with Crippen LogP contribution in [0.5, 0.6) is 5.75 Å². The summed E-state index contributed by atoms with van der Waals surface area (Å²) in [5, 5.41) is 8.60. The fourth-order valence-corrected chi connectivity index (χ4v) is 2.38. The maximum absolute atomic E-state index is 13.3. The number of hydrogen-bond acceptors (Lipinski definition) is 4. The van der Waals surface area contributed by atoms with E-state index in [9.17, 15) is 14.0 Å². The minimum absolute atomic E-state index is 0.123. The lowest BCUT2D eigenvalue weighted by Gasteiger charge is -2.11. The Morgan fingerprint density at radius 2 is 2.09 bits per heavy atom. The molecule has 1 aromatic heterocycles. The van der Waals surface area contributed by atoms with Crippen molar-refractivity contribution in [2.24, 2.45) is 0 Å². The van der Waals surface area contributed by atoms with E-state index in [1.165, 1.54) is 23.5 Å². The second-order valence-corrected chi connectivity index (χ2v) is 5.12. The third-order valence-corrected chi connectivity index (χ3v) is 3.46. The molecule has 0 fully saturated rings. The van der Waals surface area contributed by atoms with Crippen molar-refractivity contribution in [3.8, 4) is 5.75 Å². The van der Waals surface area contributed by atoms with E-state index in [1.807, 2.05) is 16.8 Å². The van der Waals surface area contributed by atoms with Crippen molar-refractivity contribution in [1.29, 1.82) is 0 Å². The molecule has 5 nitrogen and oxygen atoms in total. The SMILES string of the molecule is CCOc1ccc(F)cc1NC(=O)C(=O)NCc1ccsc1. The number of carbonyl (C=O) groups excluding carboxylic acids is 2. The van der Waals surface area contributed by atoms with Crippen LogP contribution in [0.3, 0.4) is 0 Å². The Morgan fingerprint density at radius 3 is 2.77 bits per heavy atom. The molecule has 0 aliphatic heterocycles. The van der Waals surface area contributed by atoms with Crippen molar-refractivity contribution in [1.82, 2.24) is 5.32 Å². The predicted octanol–water partition coefficient (Wildman–Crippen LogP) is 2.54. The van der Waals surface area contributed by atoms with E-state index in [0.29, 0.717) is 12.4 Å². The molecule has 0 saturated heterocycles. The molecule has 1 heterocycles. The predicted molar refractivity (Wildman–Crippen MR) is 82.4 cm³/mol. The number of nitrogens with one attached hydrogen (secondary N) is 2. The second kappa shape index (κ2) is 7.56. The summed E-state index contributed by atoms with van der Waals surface area (Å²) < 4.78 is 18.5. The van der Waals surface area contributed by atoms with Gasteiger partial charge in [0.05, 0.1) is 12.3 Å². The normalized spacial score (nSPS) is 10.1. The highest BCUT2D eigenvalue weighted by Gasteiger charge is 2.16. The highest BCUT2D eigenvalue weighted by atomic mass is 32.1. The van der Waals surface area contributed by atoms with Crippen LogP contribution >= 0.6 is 11.3 Å². The van der Waals surface area contributed by atoms with Gasteiger partial charge in [0.1, 0.15) is 11.6 Å². The van der Waals surface area contributed by atoms with E-state index >= 15 is 0 Å². The van der Waals surface area contributed by atoms with Crippen molar-refractivity contribution in [2.45, 2.75) is 13.5 Å². The van der Waals surface area contributed by atoms with E-state index < -0.39 is 17.6 Å². The Hall–Kier alpha value is -2.41. The van der Waals surface area contributed by atoms with Crippen LogP contribution in [-0.4, -0.2) is 18.4 Å². The quantitative estimate of drug-likeness (QED) is 0.831. The lowest BCUT2D eigenvalue weighted by Crippen LogP contribution is -2.35. The van der Waals surface area contributed by atoms with Crippen LogP contribution in [0.25, 0.3) is 0 Å². The molecule has 0 saturated carbocycles. The van der Waals surface area contributed by atoms with Gasteiger partial charge in [-0.2, -0.15) is 11.3 Å². The summed E-state index contributed by atoms with van der Waals surface area (Å²) in [5.74, 6) is -1.89. The Bertz CT molecular complexity index is 659. The first-order valence-corrected chi connectivity index (χ1v) is 7.57. The average molecular weight is 322 g/mol. The minimum Gasteiger partial charge on any atom is -0.492 e. The van der Waals surface area contributed by atoms with Crippen molar-refractivity contribution in [3.63, 3.8) is 0 Å². The smallest absolute Gasteiger partial charge is 0.313 e. The summed E-state index contributed by atoms with van der Waals surface area (Å²) in [6.07, 6.45) is 0. The van der Waals surface area contributed by atoms with Gasteiger partial charge < -0.3 is 15.4 Å². The number of benzene rings is 1. The van der Waals surface area contributed by atoms with Crippen LogP contribution in [0.15, 0.2) is 35.0 Å². The first-order chi connectivity index (χ1) is 10.6. The molecule has 22 heavy (non-hydrogen) atoms. The first-order valence-electron chi connectivity index (χ1n) is 6.62. The molecule has 2 N–H and O–H groups in total. The van der Waals surface area contributed by atoms with E-state index in [0.717, 1.165) is 11.6 Å². The molecule has 0 bridgehead atoms. The van der Waals surface area contributed by atoms with Gasteiger partial charge in [-0.05, 0) is 41.4 Å². The fourth-order valence-electron chi connectivity index (χ4n) is 1.72. The summed E-state index contributed by atoms with van der Waals surface area (Å²) in [7, 11) is 0. The molecule has 116 valence electrons. The molecule has 0 aliphatic carbocycles. The third kappa shape index (κ3) is 4.29. The largest absolute Gasteiger partial charge is 0.492 e. The second-order valence-electron chi connectivity index (χ2n) is 4.34. The zero-order valence-electron chi connectivity index (χ0n) is 11.9. The molecule has 0 radical (unpaired) electrons. The van der Waals surface area contributed by atoms with Gasteiger partial charge in [-0.25, -0.2) is 4.39 Å². The highest BCUT2D eigenvalue weighted by Crippen LogP contribution is 2.25. The van der Waals surface area contributed by atoms with Crippen LogP contribution in [0.1, 0.15) is 12.5 Å². The number of carbonyl (C=O) groups is 2. The Morgan fingerprint density at radius 1 is 1.27 bits per heavy atom. The van der Waals surface area contributed by atoms with Crippen LogP contribution in [0.2, 0.25) is 0 Å². The molecule has 0 spiro atoms. The number of anilines is 1. The lowest BCUT2D eigenvalue weighted by atomic mass is 10.2. The topological polar surface area (TPSA) is 67.4 Å². The van der Waals surface area contributed by atoms with Gasteiger partial charge in [0.15, 0.2) is 0 Å². The van der Waals surface area contributed by atoms with Crippen LogP contribution in [0.4, 0.5) is 10.1 Å². The number of rotatable bonds is 5. The zero-order valence-corrected chi connectivity index (χ0v) is 12.7.